The Morgan fingerprint density at radius 2 is 2.07 bits per heavy atom. The molecular formula is C8H10N5O2+. The minimum absolute atomic E-state index is 0.215. The minimum Gasteiger partial charge on any atom is -0.266 e. The lowest BCUT2D eigenvalue weighted by atomic mass is 10.5. The fraction of sp³-hybridized carbons (Fsp3) is 0.375. The number of fused-ring (bicyclic) bond motifs is 1. The summed E-state index contributed by atoms with van der Waals surface area (Å²) < 4.78 is 2.41. The van der Waals surface area contributed by atoms with Gasteiger partial charge in [0.05, 0.1) is 0 Å². The molecule has 0 saturated carbocycles. The summed E-state index contributed by atoms with van der Waals surface area (Å²) in [5, 5.41) is 4.00. The number of H-pyrrole nitrogens is 1. The van der Waals surface area contributed by atoms with Gasteiger partial charge in [0.1, 0.15) is 7.05 Å². The molecule has 2 aromatic heterocycles. The van der Waals surface area contributed by atoms with Crippen LogP contribution in [0.15, 0.2) is 9.59 Å². The van der Waals surface area contributed by atoms with Crippen LogP contribution < -0.4 is 15.9 Å². The van der Waals surface area contributed by atoms with Crippen LogP contribution in [0.2, 0.25) is 0 Å². The average molecular weight is 208 g/mol. The van der Waals surface area contributed by atoms with Gasteiger partial charge in [-0.3, -0.25) is 4.79 Å². The largest absolute Gasteiger partial charge is 0.416 e. The molecule has 78 valence electrons. The standard InChI is InChI=1S/C8H9N5O2/c1-4-9-5-6(13(3)11-4)10-8(15)12(2)7(5)14/h1-3H3/p+1. The Kier molecular flexibility index (Phi) is 1.88. The molecule has 2 aromatic rings. The molecule has 1 N–H and O–H groups in total. The number of nitrogens with zero attached hydrogens (tertiary/aromatic N) is 4. The van der Waals surface area contributed by atoms with Gasteiger partial charge in [0.15, 0.2) is 5.82 Å². The monoisotopic (exact) mass is 208 g/mol. The predicted octanol–water partition coefficient (Wildman–Crippen LogP) is -1.85. The van der Waals surface area contributed by atoms with Gasteiger partial charge < -0.3 is 0 Å². The third kappa shape index (κ3) is 1.32. The number of nitrogens with one attached hydrogen (secondary N) is 1. The van der Waals surface area contributed by atoms with Crippen LogP contribution in [0.4, 0.5) is 0 Å². The van der Waals surface area contributed by atoms with Crippen molar-refractivity contribution in [1.29, 1.82) is 0 Å². The lowest BCUT2D eigenvalue weighted by Crippen LogP contribution is -2.42. The van der Waals surface area contributed by atoms with Crippen LogP contribution in [0.1, 0.15) is 5.82 Å². The van der Waals surface area contributed by atoms with E-state index in [9.17, 15) is 9.59 Å². The van der Waals surface area contributed by atoms with Gasteiger partial charge in [-0.2, -0.15) is 4.98 Å². The normalized spacial score (nSPS) is 10.9. The van der Waals surface area contributed by atoms with Gasteiger partial charge in [-0.15, -0.1) is 4.68 Å². The molecule has 7 heteroatoms. The lowest BCUT2D eigenvalue weighted by molar-refractivity contribution is -0.708. The van der Waals surface area contributed by atoms with Crippen LogP contribution >= 0.6 is 0 Å². The Bertz CT molecular complexity index is 654. The van der Waals surface area contributed by atoms with Crippen molar-refractivity contribution in [2.24, 2.45) is 14.1 Å². The zero-order chi connectivity index (χ0) is 11.2. The second-order valence-corrected chi connectivity index (χ2v) is 3.27. The van der Waals surface area contributed by atoms with E-state index in [2.05, 4.69) is 15.1 Å². The first kappa shape index (κ1) is 9.50. The second-order valence-electron chi connectivity index (χ2n) is 3.27. The molecule has 0 radical (unpaired) electrons. The van der Waals surface area contributed by atoms with Crippen molar-refractivity contribution in [2.45, 2.75) is 6.92 Å². The Hall–Kier alpha value is -2.05. The molecule has 0 bridgehead atoms. The fourth-order valence-electron chi connectivity index (χ4n) is 1.38. The quantitative estimate of drug-likeness (QED) is 0.515. The first-order valence-electron chi connectivity index (χ1n) is 4.34. The summed E-state index contributed by atoms with van der Waals surface area (Å²) >= 11 is 0. The zero-order valence-corrected chi connectivity index (χ0v) is 8.61. The molecule has 0 spiro atoms. The van der Waals surface area contributed by atoms with Gasteiger partial charge in [-0.25, -0.2) is 14.3 Å². The van der Waals surface area contributed by atoms with Gasteiger partial charge in [0, 0.05) is 7.05 Å². The molecule has 0 aromatic carbocycles. The minimum atomic E-state index is -0.476. The third-order valence-corrected chi connectivity index (χ3v) is 2.15. The maximum atomic E-state index is 11.7. The maximum Gasteiger partial charge on any atom is 0.416 e. The van der Waals surface area contributed by atoms with Crippen LogP contribution in [0.25, 0.3) is 11.2 Å². The van der Waals surface area contributed by atoms with Crippen LogP contribution in [-0.4, -0.2) is 19.6 Å². The molecule has 2 rings (SSSR count). The van der Waals surface area contributed by atoms with E-state index in [1.54, 1.807) is 14.0 Å². The first-order chi connectivity index (χ1) is 7.00. The van der Waals surface area contributed by atoms with Crippen LogP contribution in [0.3, 0.4) is 0 Å². The molecule has 0 fully saturated rings. The molecule has 0 saturated heterocycles. The molecule has 0 aliphatic heterocycles. The summed E-state index contributed by atoms with van der Waals surface area (Å²) in [5.74, 6) is 0.481. The van der Waals surface area contributed by atoms with E-state index in [-0.39, 0.29) is 5.52 Å². The van der Waals surface area contributed by atoms with E-state index >= 15 is 0 Å². The highest BCUT2D eigenvalue weighted by Gasteiger charge is 2.15. The van der Waals surface area contributed by atoms with Crippen LogP contribution in [0, 0.1) is 6.92 Å². The highest BCUT2D eigenvalue weighted by Crippen LogP contribution is 1.92. The Balaban J connectivity index is 3.13. The lowest BCUT2D eigenvalue weighted by Gasteiger charge is -1.98. The highest BCUT2D eigenvalue weighted by atomic mass is 16.2. The molecule has 0 unspecified atom stereocenters. The summed E-state index contributed by atoms with van der Waals surface area (Å²) in [4.78, 5) is 29.6. The van der Waals surface area contributed by atoms with Crippen molar-refractivity contribution in [3.8, 4) is 0 Å². The molecule has 0 aliphatic carbocycles. The first-order valence-corrected chi connectivity index (χ1v) is 4.34. The topological polar surface area (TPSA) is 84.5 Å². The van der Waals surface area contributed by atoms with Crippen molar-refractivity contribution in [3.63, 3.8) is 0 Å². The van der Waals surface area contributed by atoms with Gasteiger partial charge in [0.25, 0.3) is 5.56 Å². The van der Waals surface area contributed by atoms with Crippen molar-refractivity contribution >= 4 is 11.2 Å². The van der Waals surface area contributed by atoms with Crippen molar-refractivity contribution in [2.75, 3.05) is 0 Å². The van der Waals surface area contributed by atoms with Crippen LogP contribution in [0.5, 0.6) is 0 Å². The fourth-order valence-corrected chi connectivity index (χ4v) is 1.38. The Morgan fingerprint density at radius 3 is 2.73 bits per heavy atom. The van der Waals surface area contributed by atoms with Crippen molar-refractivity contribution in [3.05, 3.63) is 26.7 Å². The van der Waals surface area contributed by atoms with Crippen LogP contribution in [-0.2, 0) is 14.1 Å². The molecular weight excluding hydrogens is 198 g/mol. The van der Waals surface area contributed by atoms with E-state index in [1.807, 2.05) is 0 Å². The number of aryl methyl sites for hydroxylation is 2. The predicted molar refractivity (Wildman–Crippen MR) is 51.3 cm³/mol. The van der Waals surface area contributed by atoms with Crippen molar-refractivity contribution in [1.82, 2.24) is 19.6 Å². The Labute approximate surface area is 84.0 Å². The number of aromatic nitrogens is 5. The molecule has 0 atom stereocenters. The SMILES string of the molecule is Cc1nc2c(=O)n(C)c(=O)[nH]c2[n+](C)n1. The summed E-state index contributed by atoms with van der Waals surface area (Å²) in [7, 11) is 3.05. The average Bonchev–Trinajstić information content (AvgIpc) is 2.17. The molecule has 7 nitrogen and oxygen atoms in total. The molecule has 0 amide bonds. The van der Waals surface area contributed by atoms with E-state index in [4.69, 9.17) is 0 Å². The van der Waals surface area contributed by atoms with Gasteiger partial charge in [-0.1, -0.05) is 5.10 Å². The Morgan fingerprint density at radius 1 is 1.40 bits per heavy atom. The molecule has 15 heavy (non-hydrogen) atoms. The second kappa shape index (κ2) is 2.97. The smallest absolute Gasteiger partial charge is 0.266 e. The summed E-state index contributed by atoms with van der Waals surface area (Å²) in [5.41, 5.74) is -0.355. The van der Waals surface area contributed by atoms with Gasteiger partial charge in [-0.05, 0) is 6.92 Å². The van der Waals surface area contributed by atoms with Crippen molar-refractivity contribution < 1.29 is 4.68 Å². The van der Waals surface area contributed by atoms with E-state index in [0.29, 0.717) is 11.5 Å². The molecule has 2 heterocycles. The van der Waals surface area contributed by atoms with E-state index < -0.39 is 11.2 Å². The maximum absolute atomic E-state index is 11.7. The molecule has 0 aliphatic rings. The van der Waals surface area contributed by atoms with Gasteiger partial charge in [0.2, 0.25) is 5.52 Å². The summed E-state index contributed by atoms with van der Waals surface area (Å²) in [6.45, 7) is 1.68. The van der Waals surface area contributed by atoms with E-state index in [1.165, 1.54) is 11.7 Å². The summed E-state index contributed by atoms with van der Waals surface area (Å²) in [6.07, 6.45) is 0. The highest BCUT2D eigenvalue weighted by molar-refractivity contribution is 5.63. The number of aromatic amines is 1. The zero-order valence-electron chi connectivity index (χ0n) is 8.61. The third-order valence-electron chi connectivity index (χ3n) is 2.15. The number of hydrogen-bond acceptors (Lipinski definition) is 4. The summed E-state index contributed by atoms with van der Waals surface area (Å²) in [6, 6.07) is 0. The number of hydrogen-bond donors (Lipinski definition) is 1. The number of rotatable bonds is 0. The van der Waals surface area contributed by atoms with Gasteiger partial charge >= 0.3 is 11.3 Å². The van der Waals surface area contributed by atoms with E-state index in [0.717, 1.165) is 4.57 Å².